The number of fused-ring (bicyclic) bond motifs is 3. The lowest BCUT2D eigenvalue weighted by molar-refractivity contribution is 0.0698. The van der Waals surface area contributed by atoms with E-state index < -0.39 is 0 Å². The van der Waals surface area contributed by atoms with E-state index in [2.05, 4.69) is 31.8 Å². The van der Waals surface area contributed by atoms with E-state index in [1.54, 1.807) is 12.7 Å². The highest BCUT2D eigenvalue weighted by Crippen LogP contribution is 2.32. The molecule has 0 saturated carbocycles. The number of hydrogen-bond acceptors (Lipinski definition) is 5. The molecule has 7 nitrogen and oxygen atoms in total. The van der Waals surface area contributed by atoms with Gasteiger partial charge in [0.2, 0.25) is 0 Å². The van der Waals surface area contributed by atoms with E-state index in [4.69, 9.17) is 9.72 Å². The first-order valence-corrected chi connectivity index (χ1v) is 8.55. The van der Waals surface area contributed by atoms with Crippen molar-refractivity contribution in [2.75, 3.05) is 13.2 Å². The number of rotatable bonds is 3. The van der Waals surface area contributed by atoms with Gasteiger partial charge < -0.3 is 9.30 Å². The Morgan fingerprint density at radius 1 is 1.12 bits per heavy atom. The minimum Gasteiger partial charge on any atom is -0.381 e. The molecule has 0 radical (unpaired) electrons. The minimum atomic E-state index is 0.378. The summed E-state index contributed by atoms with van der Waals surface area (Å²) >= 11 is 0. The molecule has 0 unspecified atom stereocenters. The van der Waals surface area contributed by atoms with Crippen molar-refractivity contribution >= 4 is 21.9 Å². The summed E-state index contributed by atoms with van der Waals surface area (Å²) in [7, 11) is 0. The lowest BCUT2D eigenvalue weighted by Crippen LogP contribution is -2.22. The van der Waals surface area contributed by atoms with Crippen molar-refractivity contribution in [3.63, 3.8) is 0 Å². The Bertz CT molecular complexity index is 1020. The molecule has 0 amide bonds. The lowest BCUT2D eigenvalue weighted by Gasteiger charge is -2.26. The highest BCUT2D eigenvalue weighted by molar-refractivity contribution is 6.02. The van der Waals surface area contributed by atoms with E-state index in [9.17, 15) is 0 Å². The molecule has 0 atom stereocenters. The van der Waals surface area contributed by atoms with Gasteiger partial charge in [0.15, 0.2) is 0 Å². The molecule has 0 aliphatic carbocycles. The van der Waals surface area contributed by atoms with Gasteiger partial charge in [-0.25, -0.2) is 14.6 Å². The molecule has 3 aromatic heterocycles. The topological polar surface area (TPSA) is 70.7 Å². The van der Waals surface area contributed by atoms with Gasteiger partial charge in [-0.3, -0.25) is 4.98 Å². The average Bonchev–Trinajstić information content (AvgIpc) is 3.30. The van der Waals surface area contributed by atoms with Crippen LogP contribution < -0.4 is 0 Å². The van der Waals surface area contributed by atoms with Gasteiger partial charge in [0.25, 0.3) is 0 Å². The third kappa shape index (κ3) is 2.47. The van der Waals surface area contributed by atoms with Gasteiger partial charge in [-0.2, -0.15) is 5.10 Å². The molecule has 0 N–H and O–H groups in total. The molecule has 0 bridgehead atoms. The number of imidazole rings is 1. The van der Waals surface area contributed by atoms with Crippen LogP contribution in [-0.2, 0) is 11.3 Å². The minimum absolute atomic E-state index is 0.378. The summed E-state index contributed by atoms with van der Waals surface area (Å²) in [5, 5.41) is 5.38. The summed E-state index contributed by atoms with van der Waals surface area (Å²) in [5.41, 5.74) is 3.09. The van der Waals surface area contributed by atoms with Gasteiger partial charge in [0.1, 0.15) is 30.5 Å². The number of para-hydroxylation sites is 1. The Balaban J connectivity index is 1.75. The molecular formula is C18H18N6O. The van der Waals surface area contributed by atoms with Crippen molar-refractivity contribution < 1.29 is 4.74 Å². The van der Waals surface area contributed by atoms with Crippen molar-refractivity contribution in [1.29, 1.82) is 0 Å². The molecule has 0 spiro atoms. The molecule has 7 heteroatoms. The van der Waals surface area contributed by atoms with E-state index in [1.807, 2.05) is 23.0 Å². The maximum atomic E-state index is 5.57. The van der Waals surface area contributed by atoms with Crippen LogP contribution in [0.25, 0.3) is 21.9 Å². The standard InChI is InChI=1S/C18H18N6O/c1-2-4-15-14(3-1)18-16(9-20-15)22-17(10-23-12-19-11-21-23)24(18)13-5-7-25-8-6-13/h1-4,9,11-13H,5-8,10H2. The lowest BCUT2D eigenvalue weighted by atomic mass is 10.1. The van der Waals surface area contributed by atoms with Crippen molar-refractivity contribution in [2.24, 2.45) is 0 Å². The molecule has 4 aromatic rings. The van der Waals surface area contributed by atoms with E-state index in [-0.39, 0.29) is 0 Å². The van der Waals surface area contributed by atoms with E-state index in [0.29, 0.717) is 12.6 Å². The second-order valence-electron chi connectivity index (χ2n) is 6.34. The van der Waals surface area contributed by atoms with Crippen LogP contribution in [0.15, 0.2) is 43.1 Å². The molecule has 5 rings (SSSR count). The van der Waals surface area contributed by atoms with Crippen molar-refractivity contribution in [3.05, 3.63) is 48.9 Å². The van der Waals surface area contributed by atoms with Crippen molar-refractivity contribution in [1.82, 2.24) is 29.3 Å². The average molecular weight is 334 g/mol. The summed E-state index contributed by atoms with van der Waals surface area (Å²) in [6.07, 6.45) is 7.14. The zero-order valence-electron chi connectivity index (χ0n) is 13.7. The quantitative estimate of drug-likeness (QED) is 0.576. The first-order valence-electron chi connectivity index (χ1n) is 8.55. The van der Waals surface area contributed by atoms with Crippen molar-refractivity contribution in [3.8, 4) is 0 Å². The predicted molar refractivity (Wildman–Crippen MR) is 93.2 cm³/mol. The molecule has 25 heavy (non-hydrogen) atoms. The molecule has 4 heterocycles. The first-order chi connectivity index (χ1) is 12.4. The van der Waals surface area contributed by atoms with Crippen LogP contribution in [0.4, 0.5) is 0 Å². The smallest absolute Gasteiger partial charge is 0.137 e. The fraction of sp³-hybridized carbons (Fsp3) is 0.333. The third-order valence-corrected chi connectivity index (χ3v) is 4.82. The maximum absolute atomic E-state index is 5.57. The van der Waals surface area contributed by atoms with E-state index >= 15 is 0 Å². The Morgan fingerprint density at radius 3 is 2.84 bits per heavy atom. The number of nitrogens with zero attached hydrogens (tertiary/aromatic N) is 6. The fourth-order valence-corrected chi connectivity index (χ4v) is 3.68. The highest BCUT2D eigenvalue weighted by Gasteiger charge is 2.23. The van der Waals surface area contributed by atoms with Crippen LogP contribution in [0.1, 0.15) is 24.7 Å². The van der Waals surface area contributed by atoms with Crippen LogP contribution in [0.2, 0.25) is 0 Å². The number of ether oxygens (including phenoxy) is 1. The van der Waals surface area contributed by atoms with Crippen LogP contribution in [0.5, 0.6) is 0 Å². The Morgan fingerprint density at radius 2 is 2.00 bits per heavy atom. The normalized spacial score (nSPS) is 16.0. The van der Waals surface area contributed by atoms with E-state index in [0.717, 1.165) is 53.8 Å². The fourth-order valence-electron chi connectivity index (χ4n) is 3.68. The summed E-state index contributed by atoms with van der Waals surface area (Å²) < 4.78 is 9.76. The summed E-state index contributed by atoms with van der Waals surface area (Å²) in [4.78, 5) is 13.5. The summed E-state index contributed by atoms with van der Waals surface area (Å²) in [6.45, 7) is 2.17. The van der Waals surface area contributed by atoms with Crippen LogP contribution in [-0.4, -0.2) is 42.5 Å². The SMILES string of the molecule is c1ccc2c(c1)ncc1nc(Cn3cncn3)n(C3CCOCC3)c12. The summed E-state index contributed by atoms with van der Waals surface area (Å²) in [6, 6.07) is 8.63. The molecule has 1 aliphatic heterocycles. The molecule has 1 fully saturated rings. The number of pyridine rings is 1. The molecule has 1 aliphatic rings. The van der Waals surface area contributed by atoms with Crippen LogP contribution >= 0.6 is 0 Å². The van der Waals surface area contributed by atoms with Gasteiger partial charge >= 0.3 is 0 Å². The van der Waals surface area contributed by atoms with Gasteiger partial charge in [-0.1, -0.05) is 18.2 Å². The zero-order valence-corrected chi connectivity index (χ0v) is 13.7. The number of aromatic nitrogens is 6. The van der Waals surface area contributed by atoms with Crippen LogP contribution in [0, 0.1) is 0 Å². The second kappa shape index (κ2) is 5.93. The largest absolute Gasteiger partial charge is 0.381 e. The first kappa shape index (κ1) is 14.5. The van der Waals surface area contributed by atoms with Gasteiger partial charge in [-0.15, -0.1) is 0 Å². The Hall–Kier alpha value is -2.80. The van der Waals surface area contributed by atoms with Gasteiger partial charge in [0.05, 0.1) is 17.2 Å². The van der Waals surface area contributed by atoms with Gasteiger partial charge in [0, 0.05) is 24.6 Å². The predicted octanol–water partition coefficient (Wildman–Crippen LogP) is 2.58. The zero-order chi connectivity index (χ0) is 16.6. The highest BCUT2D eigenvalue weighted by atomic mass is 16.5. The summed E-state index contributed by atoms with van der Waals surface area (Å²) in [5.74, 6) is 0.991. The molecule has 1 aromatic carbocycles. The van der Waals surface area contributed by atoms with Crippen LogP contribution in [0.3, 0.4) is 0 Å². The molecule has 1 saturated heterocycles. The second-order valence-corrected chi connectivity index (χ2v) is 6.34. The number of benzene rings is 1. The van der Waals surface area contributed by atoms with E-state index in [1.165, 1.54) is 0 Å². The van der Waals surface area contributed by atoms with Crippen molar-refractivity contribution in [2.45, 2.75) is 25.4 Å². The molecule has 126 valence electrons. The Labute approximate surface area is 144 Å². The maximum Gasteiger partial charge on any atom is 0.137 e. The van der Waals surface area contributed by atoms with Gasteiger partial charge in [-0.05, 0) is 18.9 Å². The monoisotopic (exact) mass is 334 g/mol. The molecular weight excluding hydrogens is 316 g/mol. The Kier molecular flexibility index (Phi) is 3.45. The number of hydrogen-bond donors (Lipinski definition) is 0. The third-order valence-electron chi connectivity index (χ3n) is 4.82.